The quantitative estimate of drug-likeness (QED) is 0.325. The molecule has 3 N–H and O–H groups in total. The highest BCUT2D eigenvalue weighted by Crippen LogP contribution is 2.31. The van der Waals surface area contributed by atoms with E-state index in [1.54, 1.807) is 18.2 Å². The van der Waals surface area contributed by atoms with Crippen LogP contribution in [0.4, 0.5) is 11.4 Å². The molecule has 9 heteroatoms. The van der Waals surface area contributed by atoms with Gasteiger partial charge in [0.2, 0.25) is 5.91 Å². The fraction of sp³-hybridized carbons (Fsp3) is 0.0741. The Morgan fingerprint density at radius 1 is 1.14 bits per heavy atom. The zero-order valence-corrected chi connectivity index (χ0v) is 20.1. The molecule has 0 saturated carbocycles. The van der Waals surface area contributed by atoms with Gasteiger partial charge in [-0.25, -0.2) is 4.99 Å². The number of aromatic hydroxyl groups is 1. The minimum atomic E-state index is -0.312. The maximum atomic E-state index is 13.3. The zero-order valence-electron chi connectivity index (χ0n) is 19.3. The lowest BCUT2D eigenvalue weighted by Crippen LogP contribution is -2.31. The van der Waals surface area contributed by atoms with E-state index in [9.17, 15) is 14.7 Å². The Labute approximate surface area is 211 Å². The Hall–Kier alpha value is -4.50. The van der Waals surface area contributed by atoms with Gasteiger partial charge in [0.05, 0.1) is 18.6 Å². The molecule has 5 rings (SSSR count). The molecule has 1 aromatic heterocycles. The molecule has 0 aliphatic carbocycles. The van der Waals surface area contributed by atoms with Crippen LogP contribution in [-0.4, -0.2) is 39.9 Å². The first-order chi connectivity index (χ1) is 17.5. The number of phenols is 1. The molecule has 0 spiro atoms. The predicted octanol–water partition coefficient (Wildman–Crippen LogP) is 5.00. The van der Waals surface area contributed by atoms with Crippen LogP contribution >= 0.6 is 11.8 Å². The number of amides is 2. The second kappa shape index (κ2) is 10.0. The average molecular weight is 499 g/mol. The molecule has 0 unspecified atom stereocenters. The number of ether oxygens (including phenoxy) is 1. The van der Waals surface area contributed by atoms with Crippen molar-refractivity contribution >= 4 is 57.1 Å². The number of carbonyl (C=O) groups excluding carboxylic acids is 2. The number of carbonyl (C=O) groups is 2. The molecule has 3 aromatic carbocycles. The Morgan fingerprint density at radius 2 is 1.97 bits per heavy atom. The van der Waals surface area contributed by atoms with Gasteiger partial charge in [0, 0.05) is 17.4 Å². The van der Waals surface area contributed by atoms with Gasteiger partial charge in [-0.1, -0.05) is 42.1 Å². The fourth-order valence-electron chi connectivity index (χ4n) is 3.79. The van der Waals surface area contributed by atoms with Crippen LogP contribution in [0.5, 0.6) is 11.5 Å². The van der Waals surface area contributed by atoms with Gasteiger partial charge in [-0.05, 0) is 59.5 Å². The van der Waals surface area contributed by atoms with Crippen molar-refractivity contribution in [3.63, 3.8) is 0 Å². The second-order valence-electron chi connectivity index (χ2n) is 7.95. The number of phenolic OH excluding ortho intramolecular Hbond substituents is 1. The van der Waals surface area contributed by atoms with E-state index in [0.29, 0.717) is 27.9 Å². The van der Waals surface area contributed by atoms with Gasteiger partial charge >= 0.3 is 0 Å². The number of hydrogen-bond donors (Lipinski definition) is 3. The van der Waals surface area contributed by atoms with Crippen molar-refractivity contribution in [2.24, 2.45) is 4.99 Å². The van der Waals surface area contributed by atoms with Gasteiger partial charge in [0.1, 0.15) is 5.70 Å². The predicted molar refractivity (Wildman–Crippen MR) is 143 cm³/mol. The number of benzene rings is 3. The van der Waals surface area contributed by atoms with E-state index in [2.05, 4.69) is 15.3 Å². The van der Waals surface area contributed by atoms with Gasteiger partial charge in [-0.15, -0.1) is 0 Å². The van der Waals surface area contributed by atoms with Crippen LogP contribution in [0.25, 0.3) is 17.0 Å². The fourth-order valence-corrected chi connectivity index (χ4v) is 4.61. The zero-order chi connectivity index (χ0) is 25.1. The summed E-state index contributed by atoms with van der Waals surface area (Å²) in [4.78, 5) is 35.2. The number of methoxy groups -OCH3 is 1. The summed E-state index contributed by atoms with van der Waals surface area (Å²) in [6.07, 6.45) is 3.47. The van der Waals surface area contributed by atoms with E-state index in [-0.39, 0.29) is 29.0 Å². The van der Waals surface area contributed by atoms with Crippen LogP contribution in [0.2, 0.25) is 0 Å². The number of rotatable bonds is 6. The lowest BCUT2D eigenvalue weighted by molar-refractivity contribution is -0.114. The number of anilines is 2. The number of aromatic amines is 1. The minimum Gasteiger partial charge on any atom is -0.504 e. The van der Waals surface area contributed by atoms with Crippen LogP contribution < -0.4 is 15.0 Å². The highest BCUT2D eigenvalue weighted by molar-refractivity contribution is 8.14. The molecule has 180 valence electrons. The summed E-state index contributed by atoms with van der Waals surface area (Å²) >= 11 is 1.18. The lowest BCUT2D eigenvalue weighted by Gasteiger charge is -2.17. The van der Waals surface area contributed by atoms with E-state index in [1.807, 2.05) is 60.8 Å². The molecule has 2 amide bonds. The number of aliphatic imine (C=N–C) groups is 1. The Balaban J connectivity index is 1.37. The van der Waals surface area contributed by atoms with E-state index in [0.717, 1.165) is 10.9 Å². The standard InChI is InChI=1S/C27H22N4O4S/c1-35-24-14-17(7-10-23(24)32)13-22-26(34)31(20-5-3-2-4-6-20)27(30-22)36-16-25(33)29-19-9-8-18-11-12-28-21(18)15-19/h2-15,28,32H,16H2,1H3,(H,29,33)/b22-13+. The molecule has 4 aromatic rings. The number of fused-ring (bicyclic) bond motifs is 1. The summed E-state index contributed by atoms with van der Waals surface area (Å²) < 4.78 is 5.16. The molecular weight excluding hydrogens is 476 g/mol. The third kappa shape index (κ3) is 4.82. The normalized spacial score (nSPS) is 14.4. The minimum absolute atomic E-state index is 0.00415. The lowest BCUT2D eigenvalue weighted by atomic mass is 10.1. The highest BCUT2D eigenvalue weighted by atomic mass is 32.2. The second-order valence-corrected chi connectivity index (χ2v) is 8.89. The van der Waals surface area contributed by atoms with Crippen molar-refractivity contribution in [2.75, 3.05) is 23.1 Å². The topological polar surface area (TPSA) is 107 Å². The van der Waals surface area contributed by atoms with E-state index < -0.39 is 0 Å². The molecule has 36 heavy (non-hydrogen) atoms. The summed E-state index contributed by atoms with van der Waals surface area (Å²) in [5, 5.41) is 14.2. The van der Waals surface area contributed by atoms with Gasteiger partial charge < -0.3 is 20.1 Å². The average Bonchev–Trinajstić information content (AvgIpc) is 3.48. The first kappa shape index (κ1) is 23.3. The third-order valence-corrected chi connectivity index (χ3v) is 6.46. The number of amidine groups is 1. The number of nitrogens with one attached hydrogen (secondary N) is 2. The van der Waals surface area contributed by atoms with Crippen molar-refractivity contribution in [1.29, 1.82) is 0 Å². The van der Waals surface area contributed by atoms with Crippen LogP contribution in [-0.2, 0) is 9.59 Å². The summed E-state index contributed by atoms with van der Waals surface area (Å²) in [7, 11) is 1.46. The number of nitrogens with zero attached hydrogens (tertiary/aromatic N) is 2. The molecule has 0 bridgehead atoms. The van der Waals surface area contributed by atoms with E-state index in [4.69, 9.17) is 4.74 Å². The Bertz CT molecular complexity index is 1510. The van der Waals surface area contributed by atoms with E-state index in [1.165, 1.54) is 29.8 Å². The summed E-state index contributed by atoms with van der Waals surface area (Å²) in [6, 6.07) is 21.5. The largest absolute Gasteiger partial charge is 0.504 e. The van der Waals surface area contributed by atoms with Crippen molar-refractivity contribution in [3.8, 4) is 11.5 Å². The van der Waals surface area contributed by atoms with Crippen LogP contribution in [0, 0.1) is 0 Å². The number of aromatic nitrogens is 1. The van der Waals surface area contributed by atoms with Gasteiger partial charge in [0.15, 0.2) is 16.7 Å². The molecule has 0 saturated heterocycles. The Kier molecular flexibility index (Phi) is 6.46. The molecule has 1 aliphatic heterocycles. The summed E-state index contributed by atoms with van der Waals surface area (Å²) in [5.74, 6) is -0.159. The molecule has 0 radical (unpaired) electrons. The van der Waals surface area contributed by atoms with Gasteiger partial charge in [0.25, 0.3) is 5.91 Å². The number of hydrogen-bond acceptors (Lipinski definition) is 6. The first-order valence-corrected chi connectivity index (χ1v) is 12.1. The van der Waals surface area contributed by atoms with Crippen molar-refractivity contribution in [2.45, 2.75) is 0 Å². The maximum absolute atomic E-state index is 13.3. The molecule has 1 aliphatic rings. The first-order valence-electron chi connectivity index (χ1n) is 11.1. The number of H-pyrrole nitrogens is 1. The maximum Gasteiger partial charge on any atom is 0.283 e. The Morgan fingerprint density at radius 3 is 2.78 bits per heavy atom. The molecular formula is C27H22N4O4S. The monoisotopic (exact) mass is 498 g/mol. The highest BCUT2D eigenvalue weighted by Gasteiger charge is 2.32. The molecule has 0 atom stereocenters. The molecule has 2 heterocycles. The number of thioether (sulfide) groups is 1. The van der Waals surface area contributed by atoms with E-state index >= 15 is 0 Å². The smallest absolute Gasteiger partial charge is 0.283 e. The SMILES string of the molecule is COc1cc(/C=C2/N=C(SCC(=O)Nc3ccc4cc[nH]c4c3)N(c3ccccc3)C2=O)ccc1O. The van der Waals surface area contributed by atoms with Gasteiger partial charge in [-0.2, -0.15) is 0 Å². The van der Waals surface area contributed by atoms with Crippen molar-refractivity contribution < 1.29 is 19.4 Å². The summed E-state index contributed by atoms with van der Waals surface area (Å²) in [6.45, 7) is 0. The number of para-hydroxylation sites is 1. The van der Waals surface area contributed by atoms with Gasteiger partial charge in [-0.3, -0.25) is 14.5 Å². The van der Waals surface area contributed by atoms with Crippen LogP contribution in [0.15, 0.2) is 89.7 Å². The summed E-state index contributed by atoms with van der Waals surface area (Å²) in [5.41, 5.74) is 3.13. The van der Waals surface area contributed by atoms with Crippen LogP contribution in [0.3, 0.4) is 0 Å². The van der Waals surface area contributed by atoms with Crippen LogP contribution in [0.1, 0.15) is 5.56 Å². The van der Waals surface area contributed by atoms with Crippen molar-refractivity contribution in [1.82, 2.24) is 4.98 Å². The third-order valence-electron chi connectivity index (χ3n) is 5.52. The molecule has 0 fully saturated rings. The van der Waals surface area contributed by atoms with Crippen molar-refractivity contribution in [3.05, 3.63) is 90.3 Å². The molecule has 8 nitrogen and oxygen atoms in total.